The number of nitrogens with zero attached hydrogens (tertiary/aromatic N) is 1. The van der Waals surface area contributed by atoms with E-state index in [2.05, 4.69) is 5.32 Å². The van der Waals surface area contributed by atoms with E-state index in [1.54, 1.807) is 0 Å². The number of hydrogen-bond acceptors (Lipinski definition) is 4. The highest BCUT2D eigenvalue weighted by atomic mass is 32.2. The van der Waals surface area contributed by atoms with Crippen molar-refractivity contribution in [2.24, 2.45) is 0 Å². The molecule has 0 radical (unpaired) electrons. The average molecular weight is 479 g/mol. The van der Waals surface area contributed by atoms with Gasteiger partial charge in [0.15, 0.2) is 0 Å². The van der Waals surface area contributed by atoms with Gasteiger partial charge < -0.3 is 10.1 Å². The van der Waals surface area contributed by atoms with Crippen LogP contribution in [0.15, 0.2) is 95.9 Å². The Morgan fingerprint density at radius 2 is 1.59 bits per heavy atom. The number of carbonyl (C=O) groups excluding carboxylic acids is 1. The fourth-order valence-electron chi connectivity index (χ4n) is 3.62. The number of fused-ring (bicyclic) bond motifs is 1. The molecule has 0 aliphatic carbocycles. The Bertz CT molecular complexity index is 1400. The van der Waals surface area contributed by atoms with Crippen molar-refractivity contribution in [2.75, 3.05) is 18.0 Å². The van der Waals surface area contributed by atoms with Crippen LogP contribution in [0, 0.1) is 5.82 Å². The molecule has 0 saturated carbocycles. The Kier molecular flexibility index (Phi) is 6.79. The number of halogens is 1. The van der Waals surface area contributed by atoms with Gasteiger partial charge in [-0.15, -0.1) is 0 Å². The molecule has 4 aromatic carbocycles. The van der Waals surface area contributed by atoms with Gasteiger partial charge in [0.2, 0.25) is 5.91 Å². The summed E-state index contributed by atoms with van der Waals surface area (Å²) in [5.74, 6) is -0.500. The molecule has 0 aliphatic heterocycles. The van der Waals surface area contributed by atoms with Crippen LogP contribution >= 0.6 is 0 Å². The number of carbonyl (C=O) groups is 1. The van der Waals surface area contributed by atoms with Crippen molar-refractivity contribution >= 4 is 32.4 Å². The molecule has 1 amide bonds. The summed E-state index contributed by atoms with van der Waals surface area (Å²) in [6.07, 6.45) is 0. The highest BCUT2D eigenvalue weighted by molar-refractivity contribution is 7.92. The van der Waals surface area contributed by atoms with Crippen LogP contribution in [0.2, 0.25) is 0 Å². The molecular weight excluding hydrogens is 455 g/mol. The van der Waals surface area contributed by atoms with Crippen LogP contribution < -0.4 is 14.4 Å². The summed E-state index contributed by atoms with van der Waals surface area (Å²) in [5.41, 5.74) is 1.09. The zero-order valence-corrected chi connectivity index (χ0v) is 19.3. The van der Waals surface area contributed by atoms with Gasteiger partial charge in [-0.05, 0) is 64.9 Å². The molecule has 4 rings (SSSR count). The van der Waals surface area contributed by atoms with Crippen molar-refractivity contribution in [2.45, 2.75) is 11.4 Å². The molecule has 0 aliphatic rings. The first kappa shape index (κ1) is 23.3. The Labute approximate surface area is 197 Å². The van der Waals surface area contributed by atoms with Crippen LogP contribution in [0.4, 0.5) is 10.1 Å². The zero-order valence-electron chi connectivity index (χ0n) is 18.4. The number of anilines is 1. The molecule has 0 bridgehead atoms. The van der Waals surface area contributed by atoms with Gasteiger partial charge in [-0.1, -0.05) is 42.5 Å². The largest absolute Gasteiger partial charge is 0.497 e. The van der Waals surface area contributed by atoms with Crippen molar-refractivity contribution in [3.8, 4) is 5.75 Å². The van der Waals surface area contributed by atoms with Crippen LogP contribution in [-0.4, -0.2) is 28.0 Å². The quantitative estimate of drug-likeness (QED) is 0.405. The van der Waals surface area contributed by atoms with Crippen LogP contribution in [0.25, 0.3) is 10.8 Å². The second kappa shape index (κ2) is 9.93. The highest BCUT2D eigenvalue weighted by Crippen LogP contribution is 2.25. The molecule has 0 aromatic heterocycles. The minimum absolute atomic E-state index is 0.0144. The topological polar surface area (TPSA) is 75.7 Å². The number of sulfonamides is 1. The molecule has 0 unspecified atom stereocenters. The van der Waals surface area contributed by atoms with Crippen molar-refractivity contribution in [1.29, 1.82) is 0 Å². The van der Waals surface area contributed by atoms with Gasteiger partial charge in [-0.25, -0.2) is 12.8 Å². The third-order valence-electron chi connectivity index (χ3n) is 5.41. The molecule has 1 N–H and O–H groups in total. The first-order valence-corrected chi connectivity index (χ1v) is 12.0. The Morgan fingerprint density at radius 1 is 0.912 bits per heavy atom. The van der Waals surface area contributed by atoms with E-state index in [0.717, 1.165) is 32.8 Å². The van der Waals surface area contributed by atoms with Crippen LogP contribution in [0.3, 0.4) is 0 Å². The van der Waals surface area contributed by atoms with Gasteiger partial charge in [0.1, 0.15) is 18.1 Å². The summed E-state index contributed by atoms with van der Waals surface area (Å²) in [4.78, 5) is 12.9. The van der Waals surface area contributed by atoms with E-state index in [1.807, 2.05) is 42.5 Å². The Balaban J connectivity index is 1.59. The van der Waals surface area contributed by atoms with Gasteiger partial charge >= 0.3 is 0 Å². The molecule has 8 heteroatoms. The lowest BCUT2D eigenvalue weighted by molar-refractivity contribution is -0.119. The maximum absolute atomic E-state index is 13.5. The number of rotatable bonds is 8. The van der Waals surface area contributed by atoms with E-state index in [0.29, 0.717) is 5.75 Å². The van der Waals surface area contributed by atoms with Crippen molar-refractivity contribution in [3.63, 3.8) is 0 Å². The van der Waals surface area contributed by atoms with E-state index < -0.39 is 28.3 Å². The zero-order chi connectivity index (χ0) is 24.1. The van der Waals surface area contributed by atoms with Crippen molar-refractivity contribution in [3.05, 3.63) is 102 Å². The van der Waals surface area contributed by atoms with Crippen LogP contribution in [0.5, 0.6) is 5.75 Å². The Hall–Kier alpha value is -3.91. The lowest BCUT2D eigenvalue weighted by atomic mass is 10.0. The van der Waals surface area contributed by atoms with E-state index in [1.165, 1.54) is 43.5 Å². The maximum Gasteiger partial charge on any atom is 0.264 e. The van der Waals surface area contributed by atoms with E-state index >= 15 is 0 Å². The lowest BCUT2D eigenvalue weighted by Crippen LogP contribution is -2.40. The summed E-state index contributed by atoms with van der Waals surface area (Å²) < 4.78 is 46.4. The molecule has 0 atom stereocenters. The maximum atomic E-state index is 13.5. The SMILES string of the molecule is COc1ccc(S(=O)(=O)N(CC(=O)NCc2cccc3ccccc23)c2ccc(F)cc2)cc1. The molecule has 0 saturated heterocycles. The number of amides is 1. The molecule has 34 heavy (non-hydrogen) atoms. The monoisotopic (exact) mass is 478 g/mol. The third-order valence-corrected chi connectivity index (χ3v) is 7.19. The summed E-state index contributed by atoms with van der Waals surface area (Å²) in [7, 11) is -2.63. The first-order chi connectivity index (χ1) is 16.4. The van der Waals surface area contributed by atoms with Gasteiger partial charge in [0.25, 0.3) is 10.0 Å². The fraction of sp³-hybridized carbons (Fsp3) is 0.115. The second-order valence-corrected chi connectivity index (χ2v) is 9.44. The molecular formula is C26H23FN2O4S. The van der Waals surface area contributed by atoms with Gasteiger partial charge in [-0.2, -0.15) is 0 Å². The third kappa shape index (κ3) is 5.02. The van der Waals surface area contributed by atoms with E-state index in [9.17, 15) is 17.6 Å². The number of benzene rings is 4. The highest BCUT2D eigenvalue weighted by Gasteiger charge is 2.27. The predicted octanol–water partition coefficient (Wildman–Crippen LogP) is 4.50. The lowest BCUT2D eigenvalue weighted by Gasteiger charge is -2.24. The summed E-state index contributed by atoms with van der Waals surface area (Å²) >= 11 is 0. The van der Waals surface area contributed by atoms with Crippen molar-refractivity contribution < 1.29 is 22.3 Å². The summed E-state index contributed by atoms with van der Waals surface area (Å²) in [6.45, 7) is -0.231. The summed E-state index contributed by atoms with van der Waals surface area (Å²) in [5, 5.41) is 4.86. The van der Waals surface area contributed by atoms with Gasteiger partial charge in [0.05, 0.1) is 17.7 Å². The minimum Gasteiger partial charge on any atom is -0.497 e. The van der Waals surface area contributed by atoms with Gasteiger partial charge in [-0.3, -0.25) is 9.10 Å². The molecule has 0 fully saturated rings. The fourth-order valence-corrected chi connectivity index (χ4v) is 5.05. The number of nitrogens with one attached hydrogen (secondary N) is 1. The van der Waals surface area contributed by atoms with E-state index in [4.69, 9.17) is 4.74 Å². The standard InChI is InChI=1S/C26H23FN2O4S/c1-33-23-13-15-24(16-14-23)34(31,32)29(22-11-9-21(27)10-12-22)18-26(30)28-17-20-7-4-6-19-5-2-3-8-25(19)20/h2-16H,17-18H2,1H3,(H,28,30). The normalized spacial score (nSPS) is 11.2. The number of methoxy groups -OCH3 is 1. The molecule has 6 nitrogen and oxygen atoms in total. The number of hydrogen-bond donors (Lipinski definition) is 1. The predicted molar refractivity (Wildman–Crippen MR) is 130 cm³/mol. The first-order valence-electron chi connectivity index (χ1n) is 10.5. The molecule has 4 aromatic rings. The average Bonchev–Trinajstić information content (AvgIpc) is 2.86. The smallest absolute Gasteiger partial charge is 0.264 e. The van der Waals surface area contributed by atoms with E-state index in [-0.39, 0.29) is 17.1 Å². The molecule has 0 heterocycles. The minimum atomic E-state index is -4.11. The van der Waals surface area contributed by atoms with Crippen LogP contribution in [-0.2, 0) is 21.4 Å². The van der Waals surface area contributed by atoms with Crippen molar-refractivity contribution in [1.82, 2.24) is 5.32 Å². The van der Waals surface area contributed by atoms with Gasteiger partial charge in [0, 0.05) is 6.54 Å². The second-order valence-electron chi connectivity index (χ2n) is 7.58. The number of ether oxygens (including phenoxy) is 1. The molecule has 0 spiro atoms. The van der Waals surface area contributed by atoms with Crippen LogP contribution in [0.1, 0.15) is 5.56 Å². The Morgan fingerprint density at radius 3 is 2.29 bits per heavy atom. The molecule has 174 valence electrons. The summed E-state index contributed by atoms with van der Waals surface area (Å²) in [6, 6.07) is 24.4.